The molecule has 2 fully saturated rings. The highest BCUT2D eigenvalue weighted by Crippen LogP contribution is 2.33. The monoisotopic (exact) mass is 811 g/mol. The van der Waals surface area contributed by atoms with Crippen LogP contribution in [0.4, 0.5) is 0 Å². The van der Waals surface area contributed by atoms with Crippen molar-refractivity contribution in [3.63, 3.8) is 0 Å². The molecule has 0 bridgehead atoms. The number of nitrogens with one attached hydrogen (secondary N) is 2. The van der Waals surface area contributed by atoms with Gasteiger partial charge in [-0.3, -0.25) is 14.4 Å². The molecule has 0 spiro atoms. The van der Waals surface area contributed by atoms with Crippen LogP contribution in [0.2, 0.25) is 0 Å². The third-order valence-corrected chi connectivity index (χ3v) is 11.4. The second-order valence-corrected chi connectivity index (χ2v) is 23.2. The highest BCUT2D eigenvalue weighted by molar-refractivity contribution is 5.70. The summed E-state index contributed by atoms with van der Waals surface area (Å²) in [6.45, 7) is 30.6. The molecule has 0 unspecified atom stereocenters. The summed E-state index contributed by atoms with van der Waals surface area (Å²) in [5, 5.41) is 7.32. The SMILES string of the molecule is CC(C)(C)CC(CC(C)(C)C)OC(=O)CCCCc1cc(CCCCC(=O)OC2CC(C)(C)NC(C)(C)C2)ccc1CCCCC(=O)OC1CC(C)(C)NC(C)(C)C1. The lowest BCUT2D eigenvalue weighted by atomic mass is 9.81. The van der Waals surface area contributed by atoms with Crippen molar-refractivity contribution < 1.29 is 28.6 Å². The van der Waals surface area contributed by atoms with Crippen molar-refractivity contribution >= 4 is 17.9 Å². The van der Waals surface area contributed by atoms with Crippen LogP contribution in [0.25, 0.3) is 0 Å². The lowest BCUT2D eigenvalue weighted by Crippen LogP contribution is -2.59. The van der Waals surface area contributed by atoms with Gasteiger partial charge in [0.1, 0.15) is 18.3 Å². The average molecular weight is 811 g/mol. The lowest BCUT2D eigenvalue weighted by molar-refractivity contribution is -0.154. The van der Waals surface area contributed by atoms with Crippen LogP contribution in [0, 0.1) is 10.8 Å². The number of hydrogen-bond donors (Lipinski definition) is 2. The number of carbonyl (C=O) groups is 3. The van der Waals surface area contributed by atoms with E-state index in [0.29, 0.717) is 19.3 Å². The molecule has 2 saturated heterocycles. The van der Waals surface area contributed by atoms with Gasteiger partial charge >= 0.3 is 17.9 Å². The van der Waals surface area contributed by atoms with E-state index in [2.05, 4.69) is 126 Å². The third-order valence-electron chi connectivity index (χ3n) is 11.4. The predicted octanol–water partition coefficient (Wildman–Crippen LogP) is 11.3. The van der Waals surface area contributed by atoms with Crippen LogP contribution in [-0.2, 0) is 47.9 Å². The van der Waals surface area contributed by atoms with E-state index in [-0.39, 0.29) is 69.2 Å². The number of ether oxygens (including phenoxy) is 3. The second kappa shape index (κ2) is 20.9. The van der Waals surface area contributed by atoms with Crippen molar-refractivity contribution in [2.24, 2.45) is 10.8 Å². The predicted molar refractivity (Wildman–Crippen MR) is 238 cm³/mol. The Bertz CT molecular complexity index is 1430. The van der Waals surface area contributed by atoms with E-state index in [1.165, 1.54) is 16.7 Å². The number of unbranched alkanes of at least 4 members (excludes halogenated alkanes) is 3. The number of esters is 3. The number of rotatable bonds is 20. The van der Waals surface area contributed by atoms with Gasteiger partial charge in [0.25, 0.3) is 0 Å². The lowest BCUT2D eigenvalue weighted by Gasteiger charge is -2.46. The fourth-order valence-corrected chi connectivity index (χ4v) is 9.96. The zero-order valence-corrected chi connectivity index (χ0v) is 39.6. The Kier molecular flexibility index (Phi) is 18.0. The molecule has 0 radical (unpaired) electrons. The summed E-state index contributed by atoms with van der Waals surface area (Å²) in [6, 6.07) is 6.82. The Morgan fingerprint density at radius 2 is 0.948 bits per heavy atom. The third kappa shape index (κ3) is 20.2. The fourth-order valence-electron chi connectivity index (χ4n) is 9.96. The van der Waals surface area contributed by atoms with E-state index in [1.807, 2.05) is 0 Å². The molecule has 3 rings (SSSR count). The van der Waals surface area contributed by atoms with Gasteiger partial charge in [0.05, 0.1) is 0 Å². The largest absolute Gasteiger partial charge is 0.462 e. The van der Waals surface area contributed by atoms with Crippen molar-refractivity contribution in [3.05, 3.63) is 34.9 Å². The van der Waals surface area contributed by atoms with E-state index in [4.69, 9.17) is 14.2 Å². The Labute approximate surface area is 354 Å². The second-order valence-electron chi connectivity index (χ2n) is 23.2. The molecule has 2 heterocycles. The van der Waals surface area contributed by atoms with Crippen LogP contribution in [0.5, 0.6) is 0 Å². The normalized spacial score (nSPS) is 19.5. The molecule has 2 aliphatic heterocycles. The van der Waals surface area contributed by atoms with Crippen LogP contribution < -0.4 is 10.6 Å². The molecule has 8 nitrogen and oxygen atoms in total. The molecule has 0 saturated carbocycles. The molecule has 2 aliphatic rings. The first-order valence-electron chi connectivity index (χ1n) is 22.9. The molecule has 1 aromatic rings. The molecular weight excluding hydrogens is 725 g/mol. The molecule has 0 aliphatic carbocycles. The van der Waals surface area contributed by atoms with Crippen molar-refractivity contribution in [1.29, 1.82) is 0 Å². The quantitative estimate of drug-likeness (QED) is 0.0762. The van der Waals surface area contributed by atoms with Crippen LogP contribution >= 0.6 is 0 Å². The number of hydrogen-bond acceptors (Lipinski definition) is 8. The average Bonchev–Trinajstić information content (AvgIpc) is 2.99. The molecule has 8 heteroatoms. The van der Waals surface area contributed by atoms with Gasteiger partial charge in [0.15, 0.2) is 0 Å². The summed E-state index contributed by atoms with van der Waals surface area (Å²) < 4.78 is 18.0. The van der Waals surface area contributed by atoms with Crippen molar-refractivity contribution in [2.45, 2.75) is 253 Å². The highest BCUT2D eigenvalue weighted by Gasteiger charge is 2.40. The molecule has 1 aromatic carbocycles. The first-order chi connectivity index (χ1) is 26.6. The first-order valence-corrected chi connectivity index (χ1v) is 22.9. The van der Waals surface area contributed by atoms with Gasteiger partial charge in [0, 0.05) is 67.1 Å². The number of piperidine rings is 2. The van der Waals surface area contributed by atoms with Crippen LogP contribution in [0.15, 0.2) is 18.2 Å². The van der Waals surface area contributed by atoms with Crippen LogP contribution in [-0.4, -0.2) is 58.4 Å². The fraction of sp³-hybridized carbons (Fsp3) is 0.820. The van der Waals surface area contributed by atoms with Gasteiger partial charge in [0.2, 0.25) is 0 Å². The molecular formula is C50H86N2O6. The van der Waals surface area contributed by atoms with Crippen molar-refractivity contribution in [1.82, 2.24) is 10.6 Å². The van der Waals surface area contributed by atoms with E-state index >= 15 is 0 Å². The Morgan fingerprint density at radius 3 is 1.36 bits per heavy atom. The minimum atomic E-state index is -0.0968. The Hall–Kier alpha value is -2.45. The minimum absolute atomic E-state index is 0.0518. The van der Waals surface area contributed by atoms with Crippen LogP contribution in [0.3, 0.4) is 0 Å². The summed E-state index contributed by atoms with van der Waals surface area (Å²) in [7, 11) is 0. The van der Waals surface area contributed by atoms with Crippen LogP contribution in [0.1, 0.15) is 210 Å². The Morgan fingerprint density at radius 1 is 0.569 bits per heavy atom. The summed E-state index contributed by atoms with van der Waals surface area (Å²) in [4.78, 5) is 38.8. The topological polar surface area (TPSA) is 103 Å². The molecule has 0 aromatic heterocycles. The first kappa shape index (κ1) is 49.9. The number of carbonyl (C=O) groups excluding carboxylic acids is 3. The molecule has 0 atom stereocenters. The van der Waals surface area contributed by atoms with E-state index in [1.54, 1.807) is 0 Å². The van der Waals surface area contributed by atoms with Gasteiger partial charge in [-0.25, -0.2) is 0 Å². The minimum Gasteiger partial charge on any atom is -0.462 e. The van der Waals surface area contributed by atoms with Gasteiger partial charge in [-0.2, -0.15) is 0 Å². The van der Waals surface area contributed by atoms with Gasteiger partial charge in [-0.05, 0) is 154 Å². The highest BCUT2D eigenvalue weighted by atomic mass is 16.6. The van der Waals surface area contributed by atoms with Crippen molar-refractivity contribution in [3.8, 4) is 0 Å². The standard InChI is InChI=1S/C50H86N2O6/c1-45(2,3)30-39(31-46(4,5)6)56-42(53)26-20-17-23-38-29-36(21-15-18-24-43(54)57-40-32-47(7,8)51-48(9,10)33-40)27-28-37(38)22-16-19-25-44(55)58-41-34-49(11,12)52-50(13,14)35-41/h27-29,39-41,51-52H,15-26,30-35H2,1-14H3. The molecule has 58 heavy (non-hydrogen) atoms. The van der Waals surface area contributed by atoms with Crippen molar-refractivity contribution in [2.75, 3.05) is 0 Å². The summed E-state index contributed by atoms with van der Waals surface area (Å²) in [6.07, 6.45) is 13.9. The smallest absolute Gasteiger partial charge is 0.306 e. The molecule has 0 amide bonds. The van der Waals surface area contributed by atoms with E-state index < -0.39 is 0 Å². The van der Waals surface area contributed by atoms with E-state index in [9.17, 15) is 14.4 Å². The maximum absolute atomic E-state index is 13.0. The van der Waals surface area contributed by atoms with Gasteiger partial charge < -0.3 is 24.8 Å². The summed E-state index contributed by atoms with van der Waals surface area (Å²) in [5.74, 6) is -0.286. The zero-order valence-electron chi connectivity index (χ0n) is 39.6. The summed E-state index contributed by atoms with van der Waals surface area (Å²) >= 11 is 0. The molecule has 2 N–H and O–H groups in total. The summed E-state index contributed by atoms with van der Waals surface area (Å²) in [5.41, 5.74) is 3.83. The maximum Gasteiger partial charge on any atom is 0.306 e. The number of aryl methyl sites for hydroxylation is 3. The van der Waals surface area contributed by atoms with Gasteiger partial charge in [-0.15, -0.1) is 0 Å². The maximum atomic E-state index is 13.0. The van der Waals surface area contributed by atoms with Gasteiger partial charge in [-0.1, -0.05) is 59.7 Å². The Balaban J connectivity index is 1.55. The number of benzene rings is 1. The molecule has 332 valence electrons. The zero-order chi connectivity index (χ0) is 43.6. The van der Waals surface area contributed by atoms with E-state index in [0.717, 1.165) is 96.3 Å².